The van der Waals surface area contributed by atoms with Gasteiger partial charge in [0.15, 0.2) is 6.61 Å². The van der Waals surface area contributed by atoms with E-state index >= 15 is 0 Å². The summed E-state index contributed by atoms with van der Waals surface area (Å²) < 4.78 is 16.5. The Bertz CT molecular complexity index is 1150. The van der Waals surface area contributed by atoms with Gasteiger partial charge >= 0.3 is 5.97 Å². The largest absolute Gasteiger partial charge is 0.481 e. The topological polar surface area (TPSA) is 72.5 Å². The minimum Gasteiger partial charge on any atom is -0.481 e. The Morgan fingerprint density at radius 2 is 1.73 bits per heavy atom. The molecule has 0 aliphatic rings. The molecule has 4 rings (SSSR count). The molecule has 0 N–H and O–H groups in total. The quantitative estimate of drug-likeness (QED) is 0.404. The number of esters is 1. The van der Waals surface area contributed by atoms with Gasteiger partial charge in [0.1, 0.15) is 28.7 Å². The molecule has 0 atom stereocenters. The lowest BCUT2D eigenvalue weighted by Gasteiger charge is -2.07. The van der Waals surface area contributed by atoms with Crippen molar-refractivity contribution in [2.75, 3.05) is 6.61 Å². The van der Waals surface area contributed by atoms with Crippen molar-refractivity contribution < 1.29 is 18.7 Å². The first-order valence-electron chi connectivity index (χ1n) is 7.98. The molecule has 0 fully saturated rings. The fourth-order valence-corrected chi connectivity index (χ4v) is 2.75. The molecule has 0 aliphatic carbocycles. The lowest BCUT2D eigenvalue weighted by molar-refractivity contribution is -0.136. The van der Waals surface area contributed by atoms with Crippen LogP contribution in [0.5, 0.6) is 11.5 Å². The second kappa shape index (κ2) is 6.61. The van der Waals surface area contributed by atoms with Crippen LogP contribution < -0.4 is 9.47 Å². The van der Waals surface area contributed by atoms with Crippen LogP contribution >= 0.6 is 0 Å². The lowest BCUT2D eigenvalue weighted by atomic mass is 10.1. The summed E-state index contributed by atoms with van der Waals surface area (Å²) in [4.78, 5) is 12.1. The normalized spacial score (nSPS) is 10.6. The number of fused-ring (bicyclic) bond motifs is 3. The van der Waals surface area contributed by atoms with Crippen LogP contribution in [0.3, 0.4) is 0 Å². The predicted octanol–water partition coefficient (Wildman–Crippen LogP) is 4.44. The van der Waals surface area contributed by atoms with Crippen molar-refractivity contribution in [1.82, 2.24) is 0 Å². The number of ether oxygens (including phenoxy) is 2. The fraction of sp³-hybridized carbons (Fsp3) is 0.0476. The number of hydrogen-bond acceptors (Lipinski definition) is 5. The van der Waals surface area contributed by atoms with E-state index in [1.54, 1.807) is 42.5 Å². The molecular weight excluding hydrogens is 330 g/mol. The maximum absolute atomic E-state index is 12.1. The minimum absolute atomic E-state index is 0.289. The number of carbonyl (C=O) groups excluding carboxylic acids is 1. The van der Waals surface area contributed by atoms with Crippen molar-refractivity contribution in [1.29, 1.82) is 5.26 Å². The molecule has 1 heterocycles. The highest BCUT2D eigenvalue weighted by molar-refractivity contribution is 6.05. The molecule has 0 spiro atoms. The first-order chi connectivity index (χ1) is 12.7. The number of hydrogen-bond donors (Lipinski definition) is 0. The molecule has 0 amide bonds. The summed E-state index contributed by atoms with van der Waals surface area (Å²) in [5.41, 5.74) is 1.87. The number of furan rings is 1. The van der Waals surface area contributed by atoms with Gasteiger partial charge in [-0.05, 0) is 36.4 Å². The molecule has 26 heavy (non-hydrogen) atoms. The monoisotopic (exact) mass is 343 g/mol. The number of nitriles is 1. The van der Waals surface area contributed by atoms with Crippen LogP contribution in [-0.2, 0) is 4.79 Å². The van der Waals surface area contributed by atoms with Crippen LogP contribution in [0.1, 0.15) is 5.56 Å². The van der Waals surface area contributed by atoms with Gasteiger partial charge in [-0.2, -0.15) is 5.26 Å². The molecule has 5 nitrogen and oxygen atoms in total. The van der Waals surface area contributed by atoms with Crippen LogP contribution in [0, 0.1) is 11.3 Å². The molecular formula is C21H13NO4. The molecule has 0 saturated heterocycles. The van der Waals surface area contributed by atoms with Crippen molar-refractivity contribution in [3.05, 3.63) is 72.3 Å². The van der Waals surface area contributed by atoms with E-state index in [-0.39, 0.29) is 6.61 Å². The zero-order valence-corrected chi connectivity index (χ0v) is 13.6. The van der Waals surface area contributed by atoms with Gasteiger partial charge in [0.05, 0.1) is 5.56 Å². The standard InChI is InChI=1S/C21H13NO4/c22-12-14-5-1-3-7-18(14)24-13-21(23)25-15-9-10-20-17(11-15)16-6-2-4-8-19(16)26-20/h1-11H,13H2. The summed E-state index contributed by atoms with van der Waals surface area (Å²) >= 11 is 0. The fourth-order valence-electron chi connectivity index (χ4n) is 2.75. The first-order valence-corrected chi connectivity index (χ1v) is 7.98. The van der Waals surface area contributed by atoms with Gasteiger partial charge in [0.25, 0.3) is 0 Å². The molecule has 0 saturated carbocycles. The predicted molar refractivity (Wildman–Crippen MR) is 96.0 cm³/mol. The van der Waals surface area contributed by atoms with Gasteiger partial charge in [0.2, 0.25) is 0 Å². The zero-order chi connectivity index (χ0) is 17.9. The second-order valence-corrected chi connectivity index (χ2v) is 5.63. The van der Waals surface area contributed by atoms with E-state index in [9.17, 15) is 4.79 Å². The Morgan fingerprint density at radius 3 is 2.62 bits per heavy atom. The van der Waals surface area contributed by atoms with Crippen LogP contribution in [0.15, 0.2) is 71.1 Å². The maximum Gasteiger partial charge on any atom is 0.349 e. The van der Waals surface area contributed by atoms with Crippen molar-refractivity contribution in [3.63, 3.8) is 0 Å². The molecule has 0 bridgehead atoms. The summed E-state index contributed by atoms with van der Waals surface area (Å²) in [6, 6.07) is 21.6. The Kier molecular flexibility index (Phi) is 4.00. The molecule has 1 aromatic heterocycles. The molecule has 3 aromatic carbocycles. The van der Waals surface area contributed by atoms with E-state index in [2.05, 4.69) is 0 Å². The van der Waals surface area contributed by atoms with Crippen molar-refractivity contribution in [2.45, 2.75) is 0 Å². The Hall–Kier alpha value is -3.78. The van der Waals surface area contributed by atoms with E-state index in [0.29, 0.717) is 17.1 Å². The van der Waals surface area contributed by atoms with Gasteiger partial charge in [-0.15, -0.1) is 0 Å². The third kappa shape index (κ3) is 2.96. The average molecular weight is 343 g/mol. The SMILES string of the molecule is N#Cc1ccccc1OCC(=O)Oc1ccc2oc3ccccc3c2c1. The summed E-state index contributed by atoms with van der Waals surface area (Å²) in [7, 11) is 0. The van der Waals surface area contributed by atoms with Crippen LogP contribution in [0.25, 0.3) is 21.9 Å². The highest BCUT2D eigenvalue weighted by Crippen LogP contribution is 2.31. The van der Waals surface area contributed by atoms with Crippen LogP contribution in [0.4, 0.5) is 0 Å². The van der Waals surface area contributed by atoms with Crippen molar-refractivity contribution in [3.8, 4) is 17.6 Å². The summed E-state index contributed by atoms with van der Waals surface area (Å²) in [6.07, 6.45) is 0. The minimum atomic E-state index is -0.551. The molecule has 5 heteroatoms. The van der Waals surface area contributed by atoms with E-state index in [4.69, 9.17) is 19.2 Å². The maximum atomic E-state index is 12.1. The number of benzene rings is 3. The smallest absolute Gasteiger partial charge is 0.349 e. The Labute approximate surface area is 149 Å². The number of rotatable bonds is 4. The molecule has 0 unspecified atom stereocenters. The number of carbonyl (C=O) groups is 1. The van der Waals surface area contributed by atoms with Gasteiger partial charge < -0.3 is 13.9 Å². The molecule has 4 aromatic rings. The number of para-hydroxylation sites is 2. The average Bonchev–Trinajstić information content (AvgIpc) is 3.04. The van der Waals surface area contributed by atoms with Crippen molar-refractivity contribution >= 4 is 27.9 Å². The van der Waals surface area contributed by atoms with E-state index < -0.39 is 5.97 Å². The molecule has 0 radical (unpaired) electrons. The van der Waals surface area contributed by atoms with E-state index in [0.717, 1.165) is 21.9 Å². The number of nitrogens with zero attached hydrogens (tertiary/aromatic N) is 1. The lowest BCUT2D eigenvalue weighted by Crippen LogP contribution is -2.18. The third-order valence-electron chi connectivity index (χ3n) is 3.93. The highest BCUT2D eigenvalue weighted by atomic mass is 16.6. The van der Waals surface area contributed by atoms with Crippen LogP contribution in [0.2, 0.25) is 0 Å². The van der Waals surface area contributed by atoms with Gasteiger partial charge in [-0.25, -0.2) is 4.79 Å². The highest BCUT2D eigenvalue weighted by Gasteiger charge is 2.11. The molecule has 126 valence electrons. The van der Waals surface area contributed by atoms with Crippen LogP contribution in [-0.4, -0.2) is 12.6 Å². The van der Waals surface area contributed by atoms with Gasteiger partial charge in [-0.3, -0.25) is 0 Å². The summed E-state index contributed by atoms with van der Waals surface area (Å²) in [5, 5.41) is 10.9. The first kappa shape index (κ1) is 15.7. The van der Waals surface area contributed by atoms with Crippen molar-refractivity contribution in [2.24, 2.45) is 0 Å². The van der Waals surface area contributed by atoms with Gasteiger partial charge in [-0.1, -0.05) is 30.3 Å². The van der Waals surface area contributed by atoms with E-state index in [1.165, 1.54) is 0 Å². The Balaban J connectivity index is 1.51. The second-order valence-electron chi connectivity index (χ2n) is 5.63. The third-order valence-corrected chi connectivity index (χ3v) is 3.93. The summed E-state index contributed by atoms with van der Waals surface area (Å²) in [6.45, 7) is -0.289. The van der Waals surface area contributed by atoms with E-state index in [1.807, 2.05) is 30.3 Å². The summed E-state index contributed by atoms with van der Waals surface area (Å²) in [5.74, 6) is 0.208. The zero-order valence-electron chi connectivity index (χ0n) is 13.6. The van der Waals surface area contributed by atoms with Gasteiger partial charge in [0, 0.05) is 10.8 Å². The Morgan fingerprint density at radius 1 is 0.962 bits per heavy atom. The molecule has 0 aliphatic heterocycles.